The fourth-order valence-electron chi connectivity index (χ4n) is 2.06. The lowest BCUT2D eigenvalue weighted by molar-refractivity contribution is 0.373. The van der Waals surface area contributed by atoms with Crippen molar-refractivity contribution in [2.45, 2.75) is 6.42 Å². The second kappa shape index (κ2) is 4.00. The van der Waals surface area contributed by atoms with Gasteiger partial charge in [0.05, 0.1) is 10.2 Å². The van der Waals surface area contributed by atoms with E-state index in [1.54, 1.807) is 11.3 Å². The molecular formula is C13H14N2S. The molecule has 1 aliphatic rings. The minimum atomic E-state index is 1.03. The van der Waals surface area contributed by atoms with Crippen LogP contribution in [0.1, 0.15) is 11.4 Å². The highest BCUT2D eigenvalue weighted by atomic mass is 32.1. The summed E-state index contributed by atoms with van der Waals surface area (Å²) in [7, 11) is 2.17. The van der Waals surface area contributed by atoms with Crippen molar-refractivity contribution in [2.24, 2.45) is 0 Å². The van der Waals surface area contributed by atoms with E-state index in [0.29, 0.717) is 0 Å². The molecule has 0 spiro atoms. The van der Waals surface area contributed by atoms with E-state index in [0.717, 1.165) is 25.0 Å². The van der Waals surface area contributed by atoms with Crippen LogP contribution in [0.3, 0.4) is 0 Å². The van der Waals surface area contributed by atoms with Crippen LogP contribution in [0, 0.1) is 0 Å². The second-order valence-electron chi connectivity index (χ2n) is 4.24. The summed E-state index contributed by atoms with van der Waals surface area (Å²) in [4.78, 5) is 7.04. The van der Waals surface area contributed by atoms with E-state index >= 15 is 0 Å². The van der Waals surface area contributed by atoms with Gasteiger partial charge in [-0.25, -0.2) is 4.98 Å². The highest BCUT2D eigenvalue weighted by molar-refractivity contribution is 7.19. The molecule has 0 aliphatic carbocycles. The number of aromatic nitrogens is 1. The Labute approximate surface area is 99.2 Å². The molecule has 2 heterocycles. The van der Waals surface area contributed by atoms with E-state index in [9.17, 15) is 0 Å². The Balaban J connectivity index is 2.02. The fraction of sp³-hybridized carbons (Fsp3) is 0.308. The Hall–Kier alpha value is -1.19. The van der Waals surface area contributed by atoms with Crippen molar-refractivity contribution < 1.29 is 0 Å². The van der Waals surface area contributed by atoms with Gasteiger partial charge in [0.1, 0.15) is 5.01 Å². The molecule has 0 amide bonds. The first-order valence-electron chi connectivity index (χ1n) is 5.56. The van der Waals surface area contributed by atoms with Gasteiger partial charge in [0.25, 0.3) is 0 Å². The van der Waals surface area contributed by atoms with Crippen molar-refractivity contribution in [3.8, 4) is 0 Å². The van der Waals surface area contributed by atoms with Crippen LogP contribution in [0.5, 0.6) is 0 Å². The first kappa shape index (κ1) is 10.00. The minimum Gasteiger partial charge on any atom is -0.302 e. The molecule has 2 aromatic rings. The Kier molecular flexibility index (Phi) is 2.50. The fourth-order valence-corrected chi connectivity index (χ4v) is 3.05. The average Bonchev–Trinajstić information content (AvgIpc) is 2.72. The summed E-state index contributed by atoms with van der Waals surface area (Å²) >= 11 is 1.80. The summed E-state index contributed by atoms with van der Waals surface area (Å²) in [5, 5.41) is 1.19. The lowest BCUT2D eigenvalue weighted by atomic mass is 10.1. The number of likely N-dealkylation sites (N-methyl/N-ethyl adjacent to an activating group) is 1. The normalized spacial score (nSPS) is 17.7. The van der Waals surface area contributed by atoms with Crippen LogP contribution in [0.25, 0.3) is 15.8 Å². The van der Waals surface area contributed by atoms with Gasteiger partial charge >= 0.3 is 0 Å². The van der Waals surface area contributed by atoms with Gasteiger partial charge in [0.2, 0.25) is 0 Å². The summed E-state index contributed by atoms with van der Waals surface area (Å²) in [6.45, 7) is 2.19. The molecule has 0 unspecified atom stereocenters. The molecule has 0 saturated heterocycles. The van der Waals surface area contributed by atoms with Gasteiger partial charge < -0.3 is 4.90 Å². The molecule has 16 heavy (non-hydrogen) atoms. The van der Waals surface area contributed by atoms with E-state index in [2.05, 4.69) is 36.2 Å². The van der Waals surface area contributed by atoms with E-state index < -0.39 is 0 Å². The van der Waals surface area contributed by atoms with Gasteiger partial charge in [-0.05, 0) is 31.2 Å². The topological polar surface area (TPSA) is 16.1 Å². The summed E-state index contributed by atoms with van der Waals surface area (Å²) in [5.74, 6) is 0. The second-order valence-corrected chi connectivity index (χ2v) is 5.27. The molecule has 3 rings (SSSR count). The smallest absolute Gasteiger partial charge is 0.121 e. The summed E-state index contributed by atoms with van der Waals surface area (Å²) < 4.78 is 1.28. The lowest BCUT2D eigenvalue weighted by Gasteiger charge is -2.21. The number of thiazole rings is 1. The number of benzene rings is 1. The third-order valence-corrected chi connectivity index (χ3v) is 4.02. The van der Waals surface area contributed by atoms with Crippen molar-refractivity contribution in [3.05, 3.63) is 35.3 Å². The standard InChI is InChI=1S/C13H14N2S/c1-15-8-4-5-10(9-15)13-14-11-6-2-3-7-12(11)16-13/h2-3,5-7H,4,8-9H2,1H3. The zero-order chi connectivity index (χ0) is 11.0. The number of hydrogen-bond acceptors (Lipinski definition) is 3. The molecule has 0 radical (unpaired) electrons. The molecule has 3 heteroatoms. The molecule has 2 nitrogen and oxygen atoms in total. The monoisotopic (exact) mass is 230 g/mol. The zero-order valence-corrected chi connectivity index (χ0v) is 10.1. The quantitative estimate of drug-likeness (QED) is 0.748. The predicted octanol–water partition coefficient (Wildman–Crippen LogP) is 3.02. The highest BCUT2D eigenvalue weighted by Crippen LogP contribution is 2.28. The van der Waals surface area contributed by atoms with E-state index in [1.807, 2.05) is 6.07 Å². The lowest BCUT2D eigenvalue weighted by Crippen LogP contribution is -2.24. The molecule has 0 bridgehead atoms. The molecule has 82 valence electrons. The predicted molar refractivity (Wildman–Crippen MR) is 69.7 cm³/mol. The van der Waals surface area contributed by atoms with Crippen molar-refractivity contribution in [1.29, 1.82) is 0 Å². The van der Waals surface area contributed by atoms with Gasteiger partial charge in [-0.1, -0.05) is 18.2 Å². The Morgan fingerprint density at radius 1 is 1.31 bits per heavy atom. The minimum absolute atomic E-state index is 1.03. The van der Waals surface area contributed by atoms with Gasteiger partial charge in [0.15, 0.2) is 0 Å². The Bertz CT molecular complexity index is 509. The van der Waals surface area contributed by atoms with E-state index in [-0.39, 0.29) is 0 Å². The maximum atomic E-state index is 4.69. The third-order valence-electron chi connectivity index (χ3n) is 2.91. The van der Waals surface area contributed by atoms with Gasteiger partial charge in [-0.3, -0.25) is 0 Å². The number of para-hydroxylation sites is 1. The SMILES string of the molecule is CN1CCC=C(c2nc3ccccc3s2)C1. The average molecular weight is 230 g/mol. The Morgan fingerprint density at radius 3 is 3.00 bits per heavy atom. The van der Waals surface area contributed by atoms with Crippen LogP contribution in [0.2, 0.25) is 0 Å². The van der Waals surface area contributed by atoms with Crippen LogP contribution in [-0.2, 0) is 0 Å². The largest absolute Gasteiger partial charge is 0.302 e. The zero-order valence-electron chi connectivity index (χ0n) is 9.31. The number of hydrogen-bond donors (Lipinski definition) is 0. The van der Waals surface area contributed by atoms with E-state index in [1.165, 1.54) is 15.3 Å². The maximum absolute atomic E-state index is 4.69. The van der Waals surface area contributed by atoms with Crippen LogP contribution >= 0.6 is 11.3 Å². The molecule has 0 atom stereocenters. The Morgan fingerprint density at radius 2 is 2.19 bits per heavy atom. The van der Waals surface area contributed by atoms with Crippen LogP contribution in [-0.4, -0.2) is 30.0 Å². The first-order chi connectivity index (χ1) is 7.83. The van der Waals surface area contributed by atoms with Crippen LogP contribution in [0.15, 0.2) is 30.3 Å². The van der Waals surface area contributed by atoms with Crippen molar-refractivity contribution in [1.82, 2.24) is 9.88 Å². The molecule has 0 saturated carbocycles. The molecule has 1 aliphatic heterocycles. The summed E-state index contributed by atoms with van der Waals surface area (Å²) in [6, 6.07) is 8.35. The number of nitrogens with zero attached hydrogens (tertiary/aromatic N) is 2. The van der Waals surface area contributed by atoms with Gasteiger partial charge in [0, 0.05) is 13.1 Å². The molecule has 1 aromatic heterocycles. The highest BCUT2D eigenvalue weighted by Gasteiger charge is 2.13. The van der Waals surface area contributed by atoms with Gasteiger partial charge in [-0.2, -0.15) is 0 Å². The summed E-state index contributed by atoms with van der Waals surface area (Å²) in [6.07, 6.45) is 3.47. The first-order valence-corrected chi connectivity index (χ1v) is 6.38. The number of rotatable bonds is 1. The van der Waals surface area contributed by atoms with Crippen molar-refractivity contribution in [3.63, 3.8) is 0 Å². The summed E-state index contributed by atoms with van der Waals surface area (Å²) in [5.41, 5.74) is 2.51. The van der Waals surface area contributed by atoms with Crippen LogP contribution < -0.4 is 0 Å². The molecular weight excluding hydrogens is 216 g/mol. The molecule has 0 N–H and O–H groups in total. The van der Waals surface area contributed by atoms with Crippen molar-refractivity contribution in [2.75, 3.05) is 20.1 Å². The van der Waals surface area contributed by atoms with Crippen molar-refractivity contribution >= 4 is 27.1 Å². The third kappa shape index (κ3) is 1.77. The van der Waals surface area contributed by atoms with Crippen LogP contribution in [0.4, 0.5) is 0 Å². The van der Waals surface area contributed by atoms with E-state index in [4.69, 9.17) is 4.98 Å². The number of fused-ring (bicyclic) bond motifs is 1. The van der Waals surface area contributed by atoms with Gasteiger partial charge in [-0.15, -0.1) is 11.3 Å². The molecule has 1 aromatic carbocycles. The molecule has 0 fully saturated rings. The maximum Gasteiger partial charge on any atom is 0.121 e.